The van der Waals surface area contributed by atoms with Crippen LogP contribution in [0.25, 0.3) is 0 Å². The number of hydrogen-bond donors (Lipinski definition) is 0. The fraction of sp³-hybridized carbons (Fsp3) is 1.00. The van der Waals surface area contributed by atoms with Gasteiger partial charge in [0.15, 0.2) is 9.84 Å². The van der Waals surface area contributed by atoms with E-state index in [0.29, 0.717) is 16.9 Å². The zero-order chi connectivity index (χ0) is 9.27. The van der Waals surface area contributed by atoms with Gasteiger partial charge >= 0.3 is 0 Å². The van der Waals surface area contributed by atoms with Crippen LogP contribution >= 0.6 is 11.8 Å². The molecule has 3 rings (SSSR count). The molecule has 4 unspecified atom stereocenters. The van der Waals surface area contributed by atoms with E-state index >= 15 is 0 Å². The fourth-order valence-corrected chi connectivity index (χ4v) is 8.55. The van der Waals surface area contributed by atoms with Gasteiger partial charge in [-0.2, -0.15) is 11.8 Å². The van der Waals surface area contributed by atoms with Gasteiger partial charge < -0.3 is 0 Å². The summed E-state index contributed by atoms with van der Waals surface area (Å²) < 4.78 is 23.7. The Hall–Kier alpha value is 0.300. The van der Waals surface area contributed by atoms with Gasteiger partial charge in [-0.25, -0.2) is 8.42 Å². The van der Waals surface area contributed by atoms with Crippen molar-refractivity contribution in [3.63, 3.8) is 0 Å². The van der Waals surface area contributed by atoms with Gasteiger partial charge in [-0.3, -0.25) is 0 Å². The summed E-state index contributed by atoms with van der Waals surface area (Å²) in [5.74, 6) is 2.20. The molecule has 0 bridgehead atoms. The van der Waals surface area contributed by atoms with Crippen LogP contribution < -0.4 is 0 Å². The van der Waals surface area contributed by atoms with Crippen molar-refractivity contribution in [3.05, 3.63) is 0 Å². The number of hydrogen-bond acceptors (Lipinski definition) is 3. The van der Waals surface area contributed by atoms with Crippen LogP contribution in [0.4, 0.5) is 0 Å². The van der Waals surface area contributed by atoms with Gasteiger partial charge in [-0.15, -0.1) is 0 Å². The quantitative estimate of drug-likeness (QED) is 0.615. The van der Waals surface area contributed by atoms with Gasteiger partial charge in [0.2, 0.25) is 0 Å². The molecule has 3 fully saturated rings. The standard InChI is InChI=1S/C9H14O2S2/c1-6-4-9(6)5-13(10,11)7-2-3-12-8(7)9/h6-8H,2-5H2,1H3. The Kier molecular flexibility index (Phi) is 1.50. The number of rotatable bonds is 0. The largest absolute Gasteiger partial charge is 0.228 e. The van der Waals surface area contributed by atoms with Crippen molar-refractivity contribution >= 4 is 21.6 Å². The van der Waals surface area contributed by atoms with Crippen molar-refractivity contribution in [1.29, 1.82) is 0 Å². The summed E-state index contributed by atoms with van der Waals surface area (Å²) in [4.78, 5) is 0. The van der Waals surface area contributed by atoms with Gasteiger partial charge in [-0.1, -0.05) is 6.92 Å². The maximum absolute atomic E-state index is 11.8. The van der Waals surface area contributed by atoms with Crippen molar-refractivity contribution < 1.29 is 8.42 Å². The van der Waals surface area contributed by atoms with Gasteiger partial charge in [0, 0.05) is 10.7 Å². The van der Waals surface area contributed by atoms with Crippen LogP contribution in [-0.4, -0.2) is 30.4 Å². The SMILES string of the molecule is CC1CC12CS(=O)(=O)C1CCSC12. The van der Waals surface area contributed by atoms with E-state index in [1.807, 2.05) is 11.8 Å². The van der Waals surface area contributed by atoms with Gasteiger partial charge in [0.05, 0.1) is 11.0 Å². The Morgan fingerprint density at radius 3 is 2.77 bits per heavy atom. The second kappa shape index (κ2) is 2.27. The smallest absolute Gasteiger partial charge is 0.154 e. The lowest BCUT2D eigenvalue weighted by Gasteiger charge is -2.14. The van der Waals surface area contributed by atoms with Crippen molar-refractivity contribution in [2.75, 3.05) is 11.5 Å². The molecule has 2 nitrogen and oxygen atoms in total. The summed E-state index contributed by atoms with van der Waals surface area (Å²) in [7, 11) is -2.72. The molecule has 0 aromatic carbocycles. The highest BCUT2D eigenvalue weighted by atomic mass is 32.2. The highest BCUT2D eigenvalue weighted by Crippen LogP contribution is 2.66. The van der Waals surface area contributed by atoms with E-state index in [4.69, 9.17) is 0 Å². The zero-order valence-electron chi connectivity index (χ0n) is 7.69. The first-order valence-corrected chi connectivity index (χ1v) is 7.66. The monoisotopic (exact) mass is 218 g/mol. The topological polar surface area (TPSA) is 34.1 Å². The number of thioether (sulfide) groups is 1. The molecule has 74 valence electrons. The van der Waals surface area contributed by atoms with E-state index in [2.05, 4.69) is 6.92 Å². The minimum Gasteiger partial charge on any atom is -0.228 e. The van der Waals surface area contributed by atoms with E-state index in [-0.39, 0.29) is 10.7 Å². The van der Waals surface area contributed by atoms with Crippen LogP contribution in [0.15, 0.2) is 0 Å². The van der Waals surface area contributed by atoms with E-state index < -0.39 is 9.84 Å². The zero-order valence-corrected chi connectivity index (χ0v) is 9.33. The fourth-order valence-electron chi connectivity index (χ4n) is 3.15. The Morgan fingerprint density at radius 1 is 1.46 bits per heavy atom. The van der Waals surface area contributed by atoms with Crippen LogP contribution in [0.1, 0.15) is 19.8 Å². The lowest BCUT2D eigenvalue weighted by Crippen LogP contribution is -2.21. The minimum atomic E-state index is -2.72. The Morgan fingerprint density at radius 2 is 2.15 bits per heavy atom. The second-order valence-corrected chi connectivity index (χ2v) is 8.23. The molecule has 0 amide bonds. The molecule has 4 atom stereocenters. The van der Waals surface area contributed by atoms with E-state index in [1.54, 1.807) is 0 Å². The average molecular weight is 218 g/mol. The van der Waals surface area contributed by atoms with Gasteiger partial charge in [0.1, 0.15) is 0 Å². The summed E-state index contributed by atoms with van der Waals surface area (Å²) in [6.45, 7) is 2.21. The lowest BCUT2D eigenvalue weighted by molar-refractivity contribution is 0.524. The van der Waals surface area contributed by atoms with Crippen molar-refractivity contribution in [1.82, 2.24) is 0 Å². The first-order chi connectivity index (χ1) is 6.06. The van der Waals surface area contributed by atoms with E-state index in [0.717, 1.165) is 18.6 Å². The third-order valence-corrected chi connectivity index (χ3v) is 8.21. The molecule has 0 N–H and O–H groups in total. The van der Waals surface area contributed by atoms with Crippen LogP contribution in [0.5, 0.6) is 0 Å². The molecule has 0 aromatic rings. The first kappa shape index (κ1) is 8.60. The maximum atomic E-state index is 11.8. The van der Waals surface area contributed by atoms with Crippen molar-refractivity contribution in [2.24, 2.45) is 11.3 Å². The molecule has 13 heavy (non-hydrogen) atoms. The normalized spacial score (nSPS) is 56.8. The molecule has 1 aliphatic carbocycles. The van der Waals surface area contributed by atoms with E-state index in [1.165, 1.54) is 0 Å². The summed E-state index contributed by atoms with van der Waals surface area (Å²) in [5.41, 5.74) is 0.213. The number of sulfone groups is 1. The molecule has 1 spiro atoms. The van der Waals surface area contributed by atoms with Crippen LogP contribution in [0.2, 0.25) is 0 Å². The first-order valence-electron chi connectivity index (χ1n) is 4.89. The van der Waals surface area contributed by atoms with Crippen LogP contribution in [-0.2, 0) is 9.84 Å². The Balaban J connectivity index is 2.05. The average Bonchev–Trinajstić information content (AvgIpc) is 2.52. The van der Waals surface area contributed by atoms with Crippen LogP contribution in [0.3, 0.4) is 0 Å². The molecular weight excluding hydrogens is 204 g/mol. The van der Waals surface area contributed by atoms with Gasteiger partial charge in [-0.05, 0) is 24.5 Å². The molecule has 2 saturated heterocycles. The summed E-state index contributed by atoms with van der Waals surface area (Å²) >= 11 is 1.91. The molecular formula is C9H14O2S2. The molecule has 2 aliphatic heterocycles. The maximum Gasteiger partial charge on any atom is 0.154 e. The molecule has 2 heterocycles. The predicted octanol–water partition coefficient (Wildman–Crippen LogP) is 1.32. The predicted molar refractivity (Wildman–Crippen MR) is 54.7 cm³/mol. The van der Waals surface area contributed by atoms with Crippen molar-refractivity contribution in [3.8, 4) is 0 Å². The Labute approximate surface area is 83.4 Å². The molecule has 0 aromatic heterocycles. The second-order valence-electron chi connectivity index (χ2n) is 4.76. The third kappa shape index (κ3) is 0.938. The van der Waals surface area contributed by atoms with Crippen molar-refractivity contribution in [2.45, 2.75) is 30.3 Å². The highest BCUT2D eigenvalue weighted by molar-refractivity contribution is 8.02. The molecule has 4 heteroatoms. The Bertz CT molecular complexity index is 349. The molecule has 0 radical (unpaired) electrons. The van der Waals surface area contributed by atoms with E-state index in [9.17, 15) is 8.42 Å². The third-order valence-electron chi connectivity index (χ3n) is 4.04. The summed E-state index contributed by atoms with van der Waals surface area (Å²) in [6, 6.07) is 0. The summed E-state index contributed by atoms with van der Waals surface area (Å²) in [6.07, 6.45) is 2.06. The summed E-state index contributed by atoms with van der Waals surface area (Å²) in [5, 5.41) is 0.468. The highest BCUT2D eigenvalue weighted by Gasteiger charge is 2.68. The minimum absolute atomic E-state index is 0.0162. The number of fused-ring (bicyclic) bond motifs is 2. The van der Waals surface area contributed by atoms with Crippen LogP contribution in [0, 0.1) is 11.3 Å². The molecule has 1 saturated carbocycles. The van der Waals surface area contributed by atoms with Gasteiger partial charge in [0.25, 0.3) is 0 Å². The molecule has 3 aliphatic rings. The lowest BCUT2D eigenvalue weighted by atomic mass is 9.99.